The van der Waals surface area contributed by atoms with Crippen LogP contribution in [-0.4, -0.2) is 36.2 Å². The zero-order valence-corrected chi connectivity index (χ0v) is 10.7. The molecule has 0 heterocycles. The molecule has 1 aliphatic rings. The van der Waals surface area contributed by atoms with Gasteiger partial charge in [-0.1, -0.05) is 18.2 Å². The quantitative estimate of drug-likeness (QED) is 0.835. The average molecular weight is 252 g/mol. The minimum atomic E-state index is -0.201. The van der Waals surface area contributed by atoms with Gasteiger partial charge in [-0.2, -0.15) is 0 Å². The number of rotatable bonds is 5. The molecule has 4 heteroatoms. The van der Waals surface area contributed by atoms with Crippen molar-refractivity contribution in [3.63, 3.8) is 0 Å². The van der Waals surface area contributed by atoms with Gasteiger partial charge >= 0.3 is 0 Å². The van der Waals surface area contributed by atoms with Crippen LogP contribution in [0.3, 0.4) is 0 Å². The highest BCUT2D eigenvalue weighted by molar-refractivity contribution is 5.21. The minimum absolute atomic E-state index is 0.0936. The molecule has 0 radical (unpaired) electrons. The van der Waals surface area contributed by atoms with Gasteiger partial charge in [0.05, 0.1) is 6.10 Å². The van der Waals surface area contributed by atoms with Gasteiger partial charge in [-0.05, 0) is 31.9 Å². The summed E-state index contributed by atoms with van der Waals surface area (Å²) in [6.45, 7) is 1.25. The monoisotopic (exact) mass is 252 g/mol. The van der Waals surface area contributed by atoms with Crippen LogP contribution in [0.5, 0.6) is 0 Å². The summed E-state index contributed by atoms with van der Waals surface area (Å²) in [6.07, 6.45) is 1.55. The van der Waals surface area contributed by atoms with E-state index in [1.807, 2.05) is 13.1 Å². The molecule has 100 valence electrons. The molecule has 3 nitrogen and oxygen atoms in total. The van der Waals surface area contributed by atoms with Crippen molar-refractivity contribution in [3.8, 4) is 0 Å². The highest BCUT2D eigenvalue weighted by Crippen LogP contribution is 2.30. The SMILES string of the molecule is CN(CC1CC(O)C1)C(CN)c1ccccc1F. The van der Waals surface area contributed by atoms with Crippen molar-refractivity contribution in [1.29, 1.82) is 0 Å². The third-order valence-electron chi connectivity index (χ3n) is 3.78. The number of aliphatic hydroxyl groups is 1. The van der Waals surface area contributed by atoms with Gasteiger partial charge in [0.2, 0.25) is 0 Å². The molecule has 0 bridgehead atoms. The van der Waals surface area contributed by atoms with E-state index < -0.39 is 0 Å². The van der Waals surface area contributed by atoms with Crippen LogP contribution in [0.15, 0.2) is 24.3 Å². The molecule has 0 aromatic heterocycles. The maximum absolute atomic E-state index is 13.8. The fraction of sp³-hybridized carbons (Fsp3) is 0.571. The van der Waals surface area contributed by atoms with Gasteiger partial charge in [-0.3, -0.25) is 4.90 Å². The first-order chi connectivity index (χ1) is 8.61. The fourth-order valence-corrected chi connectivity index (χ4v) is 2.67. The molecule has 1 aromatic rings. The van der Waals surface area contributed by atoms with E-state index in [0.717, 1.165) is 19.4 Å². The Kier molecular flexibility index (Phi) is 4.32. The summed E-state index contributed by atoms with van der Waals surface area (Å²) in [7, 11) is 1.97. The number of nitrogens with two attached hydrogens (primary N) is 1. The molecule has 0 saturated heterocycles. The summed E-state index contributed by atoms with van der Waals surface area (Å²) in [5, 5.41) is 9.28. The Morgan fingerprint density at radius 2 is 2.11 bits per heavy atom. The number of hydrogen-bond acceptors (Lipinski definition) is 3. The molecule has 0 spiro atoms. The predicted molar refractivity (Wildman–Crippen MR) is 69.6 cm³/mol. The first-order valence-corrected chi connectivity index (χ1v) is 6.44. The second-order valence-corrected chi connectivity index (χ2v) is 5.20. The zero-order chi connectivity index (χ0) is 13.1. The summed E-state index contributed by atoms with van der Waals surface area (Å²) < 4.78 is 13.8. The summed E-state index contributed by atoms with van der Waals surface area (Å²) >= 11 is 0. The molecule has 1 atom stereocenters. The van der Waals surface area contributed by atoms with E-state index in [2.05, 4.69) is 4.90 Å². The molecule has 3 N–H and O–H groups in total. The topological polar surface area (TPSA) is 49.5 Å². The van der Waals surface area contributed by atoms with Crippen LogP contribution in [0.4, 0.5) is 4.39 Å². The largest absolute Gasteiger partial charge is 0.393 e. The minimum Gasteiger partial charge on any atom is -0.393 e. The molecule has 2 rings (SSSR count). The standard InChI is InChI=1S/C14H21FN2O/c1-17(9-10-6-11(18)7-10)14(8-16)12-4-2-3-5-13(12)15/h2-5,10-11,14,18H,6-9,16H2,1H3. The van der Waals surface area contributed by atoms with Gasteiger partial charge in [-0.25, -0.2) is 4.39 Å². The third-order valence-corrected chi connectivity index (χ3v) is 3.78. The molecule has 0 amide bonds. The van der Waals surface area contributed by atoms with E-state index >= 15 is 0 Å². The Bertz CT molecular complexity index is 393. The number of halogens is 1. The Labute approximate surface area is 107 Å². The van der Waals surface area contributed by atoms with Crippen LogP contribution in [0.1, 0.15) is 24.4 Å². The van der Waals surface area contributed by atoms with Crippen molar-refractivity contribution in [3.05, 3.63) is 35.6 Å². The second kappa shape index (κ2) is 5.78. The summed E-state index contributed by atoms with van der Waals surface area (Å²) in [5.74, 6) is 0.305. The van der Waals surface area contributed by atoms with E-state index in [1.165, 1.54) is 6.07 Å². The molecule has 1 aliphatic carbocycles. The lowest BCUT2D eigenvalue weighted by Crippen LogP contribution is -2.40. The smallest absolute Gasteiger partial charge is 0.128 e. The number of benzene rings is 1. The van der Waals surface area contributed by atoms with Crippen molar-refractivity contribution >= 4 is 0 Å². The van der Waals surface area contributed by atoms with E-state index in [4.69, 9.17) is 5.73 Å². The van der Waals surface area contributed by atoms with Gasteiger partial charge in [-0.15, -0.1) is 0 Å². The molecule has 0 aliphatic heterocycles. The molecular formula is C14H21FN2O. The summed E-state index contributed by atoms with van der Waals surface area (Å²) in [6, 6.07) is 6.69. The van der Waals surface area contributed by atoms with Gasteiger partial charge in [0.25, 0.3) is 0 Å². The van der Waals surface area contributed by atoms with Gasteiger partial charge in [0.15, 0.2) is 0 Å². The fourth-order valence-electron chi connectivity index (χ4n) is 2.67. The third kappa shape index (κ3) is 2.88. The molecule has 18 heavy (non-hydrogen) atoms. The van der Waals surface area contributed by atoms with Gasteiger partial charge < -0.3 is 10.8 Å². The Morgan fingerprint density at radius 3 is 2.67 bits per heavy atom. The van der Waals surface area contributed by atoms with E-state index in [0.29, 0.717) is 18.0 Å². The number of nitrogens with zero attached hydrogens (tertiary/aromatic N) is 1. The Balaban J connectivity index is 2.01. The second-order valence-electron chi connectivity index (χ2n) is 5.20. The Hall–Kier alpha value is -0.970. The maximum atomic E-state index is 13.8. The first-order valence-electron chi connectivity index (χ1n) is 6.44. The Morgan fingerprint density at radius 1 is 1.44 bits per heavy atom. The summed E-state index contributed by atoms with van der Waals surface area (Å²) in [5.41, 5.74) is 6.43. The highest BCUT2D eigenvalue weighted by atomic mass is 19.1. The van der Waals surface area contributed by atoms with Crippen LogP contribution in [0.2, 0.25) is 0 Å². The lowest BCUT2D eigenvalue weighted by Gasteiger charge is -2.37. The van der Waals surface area contributed by atoms with Crippen molar-refractivity contribution in [1.82, 2.24) is 4.90 Å². The first kappa shape index (κ1) is 13.5. The summed E-state index contributed by atoms with van der Waals surface area (Å²) in [4.78, 5) is 2.09. The van der Waals surface area contributed by atoms with Crippen molar-refractivity contribution in [2.75, 3.05) is 20.1 Å². The van der Waals surface area contributed by atoms with Crippen molar-refractivity contribution in [2.45, 2.75) is 25.0 Å². The van der Waals surface area contributed by atoms with Crippen LogP contribution in [-0.2, 0) is 0 Å². The molecule has 1 unspecified atom stereocenters. The van der Waals surface area contributed by atoms with Crippen molar-refractivity contribution < 1.29 is 9.50 Å². The molecule has 1 saturated carbocycles. The molecule has 1 aromatic carbocycles. The molecular weight excluding hydrogens is 231 g/mol. The highest BCUT2D eigenvalue weighted by Gasteiger charge is 2.30. The van der Waals surface area contributed by atoms with E-state index in [-0.39, 0.29) is 18.0 Å². The van der Waals surface area contributed by atoms with E-state index in [9.17, 15) is 9.50 Å². The predicted octanol–water partition coefficient (Wildman–Crippen LogP) is 1.53. The van der Waals surface area contributed by atoms with Crippen molar-refractivity contribution in [2.24, 2.45) is 11.7 Å². The number of hydrogen-bond donors (Lipinski definition) is 2. The van der Waals surface area contributed by atoms with Crippen LogP contribution in [0.25, 0.3) is 0 Å². The van der Waals surface area contributed by atoms with Crippen LogP contribution in [0, 0.1) is 11.7 Å². The normalized spacial score (nSPS) is 24.9. The number of likely N-dealkylation sites (N-methyl/N-ethyl adjacent to an activating group) is 1. The van der Waals surface area contributed by atoms with Crippen LogP contribution < -0.4 is 5.73 Å². The van der Waals surface area contributed by atoms with Gasteiger partial charge in [0, 0.05) is 24.7 Å². The lowest BCUT2D eigenvalue weighted by atomic mass is 9.82. The lowest BCUT2D eigenvalue weighted by molar-refractivity contribution is 0.0222. The van der Waals surface area contributed by atoms with Gasteiger partial charge in [0.1, 0.15) is 5.82 Å². The molecule has 1 fully saturated rings. The number of aliphatic hydroxyl groups excluding tert-OH is 1. The van der Waals surface area contributed by atoms with Crippen LogP contribution >= 0.6 is 0 Å². The maximum Gasteiger partial charge on any atom is 0.128 e. The average Bonchev–Trinajstić information content (AvgIpc) is 2.30. The van der Waals surface area contributed by atoms with E-state index in [1.54, 1.807) is 12.1 Å². The zero-order valence-electron chi connectivity index (χ0n) is 10.7.